The molecule has 2 unspecified atom stereocenters. The lowest BCUT2D eigenvalue weighted by molar-refractivity contribution is -0.372. The lowest BCUT2D eigenvalue weighted by Gasteiger charge is -2.47. The Bertz CT molecular complexity index is 1280. The normalized spacial score (nSPS) is 28.0. The van der Waals surface area contributed by atoms with E-state index in [2.05, 4.69) is 148 Å². The predicted molar refractivity (Wildman–Crippen MR) is 182 cm³/mol. The Labute approximate surface area is 257 Å². The third-order valence-corrected chi connectivity index (χ3v) is 9.18. The van der Waals surface area contributed by atoms with E-state index in [-0.39, 0.29) is 22.5 Å². The van der Waals surface area contributed by atoms with Crippen molar-refractivity contribution in [3.8, 4) is 0 Å². The minimum atomic E-state index is -0.293. The Hall–Kier alpha value is -2.68. The molecule has 0 aromatic rings. The fourth-order valence-corrected chi connectivity index (χ4v) is 6.49. The summed E-state index contributed by atoms with van der Waals surface area (Å²) in [5.41, 5.74) is 9.38. The van der Waals surface area contributed by atoms with Crippen molar-refractivity contribution in [2.24, 2.45) is 10.8 Å². The summed E-state index contributed by atoms with van der Waals surface area (Å²) in [6.45, 7) is 22.4. The molecule has 3 aliphatic rings. The summed E-state index contributed by atoms with van der Waals surface area (Å²) in [5, 5.41) is 0. The molecule has 0 aromatic heterocycles. The molecule has 3 rings (SSSR count). The fourth-order valence-electron chi connectivity index (χ4n) is 6.49. The highest BCUT2D eigenvalue weighted by Gasteiger charge is 2.46. The van der Waals surface area contributed by atoms with Crippen LogP contribution in [0.5, 0.6) is 0 Å². The van der Waals surface area contributed by atoms with Crippen LogP contribution in [0.25, 0.3) is 0 Å². The monoisotopic (exact) mass is 568 g/mol. The molecule has 1 aliphatic heterocycles. The highest BCUT2D eigenvalue weighted by molar-refractivity contribution is 5.38. The number of allylic oxidation sites excluding steroid dienone is 17. The molecule has 0 saturated heterocycles. The molecule has 1 heterocycles. The van der Waals surface area contributed by atoms with Crippen LogP contribution in [0.3, 0.4) is 0 Å². The van der Waals surface area contributed by atoms with Crippen LogP contribution in [-0.2, 0) is 9.78 Å². The molecule has 42 heavy (non-hydrogen) atoms. The molecule has 2 heteroatoms. The van der Waals surface area contributed by atoms with E-state index in [1.807, 2.05) is 0 Å². The van der Waals surface area contributed by atoms with Crippen LogP contribution in [0.2, 0.25) is 0 Å². The van der Waals surface area contributed by atoms with Gasteiger partial charge in [-0.3, -0.25) is 0 Å². The van der Waals surface area contributed by atoms with Gasteiger partial charge in [0.25, 0.3) is 0 Å². The zero-order valence-corrected chi connectivity index (χ0v) is 28.1. The van der Waals surface area contributed by atoms with Gasteiger partial charge in [0.05, 0.1) is 0 Å². The average Bonchev–Trinajstić information content (AvgIpc) is 2.90. The largest absolute Gasteiger partial charge is 0.225 e. The number of rotatable bonds is 9. The molecule has 228 valence electrons. The van der Waals surface area contributed by atoms with Crippen LogP contribution in [0, 0.1) is 10.8 Å². The van der Waals surface area contributed by atoms with Crippen molar-refractivity contribution in [3.63, 3.8) is 0 Å². The average molecular weight is 569 g/mol. The first-order chi connectivity index (χ1) is 19.7. The second-order valence-electron chi connectivity index (χ2n) is 14.2. The van der Waals surface area contributed by atoms with Gasteiger partial charge in [0, 0.05) is 0 Å². The first-order valence-corrected chi connectivity index (χ1v) is 15.9. The van der Waals surface area contributed by atoms with Gasteiger partial charge < -0.3 is 0 Å². The van der Waals surface area contributed by atoms with E-state index in [1.54, 1.807) is 5.57 Å². The summed E-state index contributed by atoms with van der Waals surface area (Å²) < 4.78 is 0. The second-order valence-corrected chi connectivity index (χ2v) is 14.2. The summed E-state index contributed by atoms with van der Waals surface area (Å²) in [6.07, 6.45) is 35.2. The van der Waals surface area contributed by atoms with Crippen LogP contribution in [-0.4, -0.2) is 11.7 Å². The molecule has 2 nitrogen and oxygen atoms in total. The molecule has 0 N–H and O–H groups in total. The molecular formula is C40H56O2. The van der Waals surface area contributed by atoms with Gasteiger partial charge in [0.1, 0.15) is 11.7 Å². The van der Waals surface area contributed by atoms with Gasteiger partial charge in [-0.05, 0) is 114 Å². The van der Waals surface area contributed by atoms with Gasteiger partial charge in [0.2, 0.25) is 0 Å². The van der Waals surface area contributed by atoms with E-state index in [0.29, 0.717) is 0 Å². The molecule has 1 fully saturated rings. The summed E-state index contributed by atoms with van der Waals surface area (Å²) >= 11 is 0. The predicted octanol–water partition coefficient (Wildman–Crippen LogP) is 11.7. The SMILES string of the molecule is CC(C=CC=C(C)C=CC1=C(C)CCCC1(C)C)=CC=CC=C(C)C=CC=C(C)C1C=C2C(C)(C)CCCC2(C)OO1. The van der Waals surface area contributed by atoms with E-state index >= 15 is 0 Å². The van der Waals surface area contributed by atoms with Crippen molar-refractivity contribution >= 4 is 0 Å². The highest BCUT2D eigenvalue weighted by Crippen LogP contribution is 2.50. The molecule has 0 aromatic carbocycles. The molecule has 0 spiro atoms. The van der Waals surface area contributed by atoms with Crippen molar-refractivity contribution in [3.05, 3.63) is 118 Å². The Balaban J connectivity index is 1.52. The van der Waals surface area contributed by atoms with Crippen molar-refractivity contribution in [2.45, 2.75) is 119 Å². The summed E-state index contributed by atoms with van der Waals surface area (Å²) in [4.78, 5) is 11.8. The summed E-state index contributed by atoms with van der Waals surface area (Å²) in [7, 11) is 0. The molecular weight excluding hydrogens is 512 g/mol. The molecule has 0 amide bonds. The molecule has 1 saturated carbocycles. The van der Waals surface area contributed by atoms with Crippen LogP contribution < -0.4 is 0 Å². The standard InChI is InChI=1S/C40H56O2/c1-30(19-13-20-32(3)24-25-35-33(4)23-15-26-38(35,6)7)17-11-12-18-31(2)21-14-22-34(5)36-29-37-39(8,9)27-16-28-40(37,10)42-41-36/h11-14,17-22,24-25,29,36H,15-16,23,26-28H2,1-10H3. The van der Waals surface area contributed by atoms with Crippen LogP contribution in [0.1, 0.15) is 108 Å². The maximum absolute atomic E-state index is 5.96. The minimum absolute atomic E-state index is 0.138. The Morgan fingerprint density at radius 3 is 1.93 bits per heavy atom. The van der Waals surface area contributed by atoms with E-state index in [9.17, 15) is 0 Å². The summed E-state index contributed by atoms with van der Waals surface area (Å²) in [5.74, 6) is 0. The molecule has 2 aliphatic carbocycles. The van der Waals surface area contributed by atoms with Crippen LogP contribution >= 0.6 is 0 Å². The van der Waals surface area contributed by atoms with Gasteiger partial charge in [0.15, 0.2) is 0 Å². The third kappa shape index (κ3) is 9.41. The van der Waals surface area contributed by atoms with Gasteiger partial charge in [-0.1, -0.05) is 123 Å². The molecule has 0 radical (unpaired) electrons. The van der Waals surface area contributed by atoms with Gasteiger partial charge in [-0.25, -0.2) is 9.78 Å². The van der Waals surface area contributed by atoms with Crippen molar-refractivity contribution in [1.29, 1.82) is 0 Å². The zero-order valence-electron chi connectivity index (χ0n) is 28.1. The van der Waals surface area contributed by atoms with Crippen molar-refractivity contribution in [1.82, 2.24) is 0 Å². The smallest absolute Gasteiger partial charge is 0.133 e. The number of hydrogen-bond donors (Lipinski definition) is 0. The quantitative estimate of drug-likeness (QED) is 0.156. The maximum Gasteiger partial charge on any atom is 0.133 e. The van der Waals surface area contributed by atoms with Gasteiger partial charge in [-0.2, -0.15) is 0 Å². The molecule has 2 atom stereocenters. The fraction of sp³-hybridized carbons (Fsp3) is 0.500. The van der Waals surface area contributed by atoms with Crippen LogP contribution in [0.15, 0.2) is 118 Å². The van der Waals surface area contributed by atoms with Gasteiger partial charge >= 0.3 is 0 Å². The highest BCUT2D eigenvalue weighted by atomic mass is 17.2. The second kappa shape index (κ2) is 14.7. The van der Waals surface area contributed by atoms with E-state index in [1.165, 1.54) is 60.0 Å². The van der Waals surface area contributed by atoms with E-state index < -0.39 is 0 Å². The van der Waals surface area contributed by atoms with Crippen molar-refractivity contribution < 1.29 is 9.78 Å². The van der Waals surface area contributed by atoms with Crippen LogP contribution in [0.4, 0.5) is 0 Å². The Kier molecular flexibility index (Phi) is 11.8. The van der Waals surface area contributed by atoms with Gasteiger partial charge in [-0.15, -0.1) is 0 Å². The lowest BCUT2D eigenvalue weighted by atomic mass is 9.65. The first-order valence-electron chi connectivity index (χ1n) is 15.9. The topological polar surface area (TPSA) is 18.5 Å². The summed E-state index contributed by atoms with van der Waals surface area (Å²) in [6, 6.07) is 0. The van der Waals surface area contributed by atoms with E-state index in [0.717, 1.165) is 12.0 Å². The number of fused-ring (bicyclic) bond motifs is 1. The minimum Gasteiger partial charge on any atom is -0.225 e. The van der Waals surface area contributed by atoms with Crippen molar-refractivity contribution in [2.75, 3.05) is 0 Å². The molecule has 0 bridgehead atoms. The van der Waals surface area contributed by atoms with E-state index in [4.69, 9.17) is 9.78 Å². The zero-order chi connectivity index (χ0) is 31.0. The first kappa shape index (κ1) is 33.8. The number of hydrogen-bond acceptors (Lipinski definition) is 2. The Morgan fingerprint density at radius 2 is 1.29 bits per heavy atom. The third-order valence-electron chi connectivity index (χ3n) is 9.18. The maximum atomic E-state index is 5.96. The lowest BCUT2D eigenvalue weighted by Crippen LogP contribution is -2.46. The Morgan fingerprint density at radius 1 is 0.714 bits per heavy atom.